The molecule has 1 aromatic carbocycles. The van der Waals surface area contributed by atoms with E-state index in [9.17, 15) is 5.26 Å². The number of nitrogens with zero attached hydrogens (tertiary/aromatic N) is 4. The van der Waals surface area contributed by atoms with Crippen molar-refractivity contribution in [3.8, 4) is 6.07 Å². The minimum atomic E-state index is 0.264. The van der Waals surface area contributed by atoms with Gasteiger partial charge in [0.2, 0.25) is 5.82 Å². The van der Waals surface area contributed by atoms with E-state index in [1.807, 2.05) is 0 Å². The van der Waals surface area contributed by atoms with Crippen LogP contribution < -0.4 is 0 Å². The lowest BCUT2D eigenvalue weighted by atomic mass is 9.95. The molecule has 2 aromatic heterocycles. The fraction of sp³-hybridized carbons (Fsp3) is 0.381. The maximum Gasteiger partial charge on any atom is 0.234 e. The molecule has 0 saturated heterocycles. The van der Waals surface area contributed by atoms with Crippen molar-refractivity contribution in [3.63, 3.8) is 0 Å². The average molecular weight is 409 g/mol. The van der Waals surface area contributed by atoms with Gasteiger partial charge in [-0.1, -0.05) is 59.5 Å². The molecule has 0 bridgehead atoms. The van der Waals surface area contributed by atoms with Crippen LogP contribution in [-0.2, 0) is 11.8 Å². The highest BCUT2D eigenvalue weighted by Gasteiger charge is 2.19. The Hall–Kier alpha value is -2.19. The van der Waals surface area contributed by atoms with Crippen LogP contribution in [0, 0.1) is 11.3 Å². The molecule has 132 valence electrons. The van der Waals surface area contributed by atoms with Crippen molar-refractivity contribution in [1.29, 1.82) is 5.26 Å². The number of hydrogen-bond donors (Lipinski definition) is 0. The highest BCUT2D eigenvalue weighted by Crippen LogP contribution is 2.32. The van der Waals surface area contributed by atoms with Gasteiger partial charge in [-0.3, -0.25) is 0 Å². The van der Waals surface area contributed by atoms with Crippen molar-refractivity contribution >= 4 is 27.0 Å². The third-order valence-electron chi connectivity index (χ3n) is 5.27. The van der Waals surface area contributed by atoms with Gasteiger partial charge in [0, 0.05) is 29.4 Å². The summed E-state index contributed by atoms with van der Waals surface area (Å²) in [5, 5.41) is 11.3. The molecule has 4 nitrogen and oxygen atoms in total. The molecule has 0 spiro atoms. The van der Waals surface area contributed by atoms with Crippen LogP contribution in [0.5, 0.6) is 0 Å². The molecule has 0 radical (unpaired) electrons. The Morgan fingerprint density at radius 3 is 2.46 bits per heavy atom. The Labute approximate surface area is 162 Å². The largest absolute Gasteiger partial charge is 0.329 e. The first-order valence-corrected chi connectivity index (χ1v) is 10.3. The van der Waals surface area contributed by atoms with Crippen LogP contribution in [-0.4, -0.2) is 14.5 Å². The van der Waals surface area contributed by atoms with E-state index in [1.54, 1.807) is 0 Å². The summed E-state index contributed by atoms with van der Waals surface area (Å²) in [6.07, 6.45) is 9.10. The summed E-state index contributed by atoms with van der Waals surface area (Å²) in [7, 11) is 0. The first kappa shape index (κ1) is 17.2. The monoisotopic (exact) mass is 408 g/mol. The minimum Gasteiger partial charge on any atom is -0.329 e. The number of rotatable bonds is 4. The number of alkyl halides is 1. The molecule has 2 heterocycles. The SMILES string of the molecule is N#Cc1nc(Cc2ccc(CBr)cc2)c2ccn(C3CCCCC3)c2n1. The van der Waals surface area contributed by atoms with Gasteiger partial charge < -0.3 is 4.57 Å². The maximum absolute atomic E-state index is 9.41. The average Bonchev–Trinajstić information content (AvgIpc) is 3.13. The molecule has 1 aliphatic rings. The summed E-state index contributed by atoms with van der Waals surface area (Å²) in [4.78, 5) is 9.06. The number of nitriles is 1. The molecule has 26 heavy (non-hydrogen) atoms. The lowest BCUT2D eigenvalue weighted by molar-refractivity contribution is 0.359. The van der Waals surface area contributed by atoms with Gasteiger partial charge in [-0.15, -0.1) is 0 Å². The van der Waals surface area contributed by atoms with Crippen molar-refractivity contribution in [3.05, 3.63) is 59.2 Å². The van der Waals surface area contributed by atoms with Crippen molar-refractivity contribution in [2.24, 2.45) is 0 Å². The molecule has 0 unspecified atom stereocenters. The third-order valence-corrected chi connectivity index (χ3v) is 5.92. The second-order valence-corrected chi connectivity index (χ2v) is 7.55. The first-order chi connectivity index (χ1) is 12.8. The molecule has 1 fully saturated rings. The molecule has 3 aromatic rings. The predicted octanol–water partition coefficient (Wildman–Crippen LogP) is 5.29. The molecular weight excluding hydrogens is 388 g/mol. The second-order valence-electron chi connectivity index (χ2n) is 6.98. The summed E-state index contributed by atoms with van der Waals surface area (Å²) in [6.45, 7) is 0. The lowest BCUT2D eigenvalue weighted by Gasteiger charge is -2.23. The van der Waals surface area contributed by atoms with Crippen molar-refractivity contribution in [2.45, 2.75) is 49.9 Å². The number of benzene rings is 1. The Morgan fingerprint density at radius 1 is 1.04 bits per heavy atom. The summed E-state index contributed by atoms with van der Waals surface area (Å²) in [6, 6.07) is 13.3. The highest BCUT2D eigenvalue weighted by atomic mass is 79.9. The van der Waals surface area contributed by atoms with E-state index in [4.69, 9.17) is 0 Å². The lowest BCUT2D eigenvalue weighted by Crippen LogP contribution is -2.13. The fourth-order valence-corrected chi connectivity index (χ4v) is 4.25. The standard InChI is InChI=1S/C21H21BrN4/c22-13-16-8-6-15(7-9-16)12-19-18-10-11-26(17-4-2-1-3-5-17)21(18)25-20(14-23)24-19/h6-11,17H,1-5,12-13H2. The van der Waals surface area contributed by atoms with E-state index < -0.39 is 0 Å². The van der Waals surface area contributed by atoms with E-state index in [1.165, 1.54) is 43.2 Å². The van der Waals surface area contributed by atoms with E-state index in [0.717, 1.165) is 22.1 Å². The van der Waals surface area contributed by atoms with E-state index in [-0.39, 0.29) is 5.82 Å². The van der Waals surface area contributed by atoms with Crippen molar-refractivity contribution in [1.82, 2.24) is 14.5 Å². The summed E-state index contributed by atoms with van der Waals surface area (Å²) in [5.74, 6) is 0.264. The maximum atomic E-state index is 9.41. The van der Waals surface area contributed by atoms with Gasteiger partial charge in [0.1, 0.15) is 11.7 Å². The smallest absolute Gasteiger partial charge is 0.234 e. The summed E-state index contributed by atoms with van der Waals surface area (Å²) < 4.78 is 2.27. The van der Waals surface area contributed by atoms with Gasteiger partial charge in [0.05, 0.1) is 5.69 Å². The Bertz CT molecular complexity index is 947. The summed E-state index contributed by atoms with van der Waals surface area (Å²) >= 11 is 3.48. The van der Waals surface area contributed by atoms with Crippen molar-refractivity contribution < 1.29 is 0 Å². The van der Waals surface area contributed by atoms with Gasteiger partial charge in [0.25, 0.3) is 0 Å². The molecule has 0 amide bonds. The van der Waals surface area contributed by atoms with Crippen molar-refractivity contribution in [2.75, 3.05) is 0 Å². The van der Waals surface area contributed by atoms with Crippen LogP contribution in [0.3, 0.4) is 0 Å². The topological polar surface area (TPSA) is 54.5 Å². The zero-order valence-electron chi connectivity index (χ0n) is 14.7. The number of hydrogen-bond acceptors (Lipinski definition) is 3. The zero-order chi connectivity index (χ0) is 17.9. The Kier molecular flexibility index (Phi) is 5.03. The molecule has 1 aliphatic carbocycles. The Morgan fingerprint density at radius 2 is 1.77 bits per heavy atom. The predicted molar refractivity (Wildman–Crippen MR) is 106 cm³/mol. The molecule has 4 rings (SSSR count). The third kappa shape index (κ3) is 3.39. The molecule has 0 aliphatic heterocycles. The summed E-state index contributed by atoms with van der Waals surface area (Å²) in [5.41, 5.74) is 4.30. The number of halogens is 1. The van der Waals surface area contributed by atoms with E-state index in [0.29, 0.717) is 12.5 Å². The molecule has 0 atom stereocenters. The first-order valence-electron chi connectivity index (χ1n) is 9.20. The van der Waals surface area contributed by atoms with E-state index >= 15 is 0 Å². The Balaban J connectivity index is 1.73. The quantitative estimate of drug-likeness (QED) is 0.550. The van der Waals surface area contributed by atoms with Gasteiger partial charge >= 0.3 is 0 Å². The van der Waals surface area contributed by atoms with Crippen LogP contribution in [0.25, 0.3) is 11.0 Å². The van der Waals surface area contributed by atoms with Crippen LogP contribution in [0.2, 0.25) is 0 Å². The van der Waals surface area contributed by atoms with Gasteiger partial charge in [0.15, 0.2) is 0 Å². The van der Waals surface area contributed by atoms with E-state index in [2.05, 4.69) is 73.1 Å². The molecule has 1 saturated carbocycles. The normalized spacial score (nSPS) is 15.2. The number of aromatic nitrogens is 3. The van der Waals surface area contributed by atoms with Crippen LogP contribution in [0.15, 0.2) is 36.5 Å². The zero-order valence-corrected chi connectivity index (χ0v) is 16.2. The highest BCUT2D eigenvalue weighted by molar-refractivity contribution is 9.08. The molecule has 0 N–H and O–H groups in total. The number of fused-ring (bicyclic) bond motifs is 1. The van der Waals surface area contributed by atoms with Gasteiger partial charge in [-0.05, 0) is 30.0 Å². The van der Waals surface area contributed by atoms with Gasteiger partial charge in [-0.25, -0.2) is 9.97 Å². The molecule has 5 heteroatoms. The fourth-order valence-electron chi connectivity index (χ4n) is 3.87. The second kappa shape index (κ2) is 7.59. The van der Waals surface area contributed by atoms with Crippen LogP contribution in [0.4, 0.5) is 0 Å². The van der Waals surface area contributed by atoms with Crippen LogP contribution in [0.1, 0.15) is 60.8 Å². The minimum absolute atomic E-state index is 0.264. The van der Waals surface area contributed by atoms with Crippen LogP contribution >= 0.6 is 15.9 Å². The van der Waals surface area contributed by atoms with Gasteiger partial charge in [-0.2, -0.15) is 5.26 Å². The molecular formula is C21H21BrN4.